The number of carbonyl (C=O) groups is 1. The zero-order valence-electron chi connectivity index (χ0n) is 17.0. The summed E-state index contributed by atoms with van der Waals surface area (Å²) in [5, 5.41) is 0. The zero-order valence-corrected chi connectivity index (χ0v) is 17.0. The summed E-state index contributed by atoms with van der Waals surface area (Å²) in [6.45, 7) is 1.56. The van der Waals surface area contributed by atoms with E-state index in [0.29, 0.717) is 17.1 Å². The van der Waals surface area contributed by atoms with E-state index in [1.165, 1.54) is 20.4 Å². The number of nitrogens with two attached hydrogens (primary N) is 3. The highest BCUT2D eigenvalue weighted by atomic mass is 16.5. The monoisotopic (exact) mass is 415 g/mol. The van der Waals surface area contributed by atoms with Gasteiger partial charge < -0.3 is 31.6 Å². The lowest BCUT2D eigenvalue weighted by molar-refractivity contribution is 0.0998. The highest BCUT2D eigenvalue weighted by Gasteiger charge is 2.25. The highest BCUT2D eigenvalue weighted by Crippen LogP contribution is 2.35. The molecule has 0 spiro atoms. The Labute approximate surface area is 173 Å². The van der Waals surface area contributed by atoms with E-state index in [-0.39, 0.29) is 23.4 Å². The molecule has 3 heterocycles. The number of aliphatic imine (C=N–C) groups is 1. The van der Waals surface area contributed by atoms with E-state index in [4.69, 9.17) is 26.7 Å². The summed E-state index contributed by atoms with van der Waals surface area (Å²) in [5.74, 6) is -0.525. The summed E-state index contributed by atoms with van der Waals surface area (Å²) in [5.41, 5.74) is 17.3. The predicted molar refractivity (Wildman–Crippen MR) is 111 cm³/mol. The molecule has 1 saturated heterocycles. The van der Waals surface area contributed by atoms with Crippen LogP contribution in [0.5, 0.6) is 11.9 Å². The minimum absolute atomic E-state index is 0.0682. The molecule has 0 unspecified atom stereocenters. The number of anilines is 2. The zero-order chi connectivity index (χ0) is 21.7. The van der Waals surface area contributed by atoms with Crippen molar-refractivity contribution >= 4 is 23.5 Å². The molecule has 1 aliphatic rings. The second kappa shape index (κ2) is 9.20. The molecule has 2 aromatic heterocycles. The van der Waals surface area contributed by atoms with Gasteiger partial charge in [0.15, 0.2) is 23.3 Å². The van der Waals surface area contributed by atoms with E-state index >= 15 is 0 Å². The van der Waals surface area contributed by atoms with Gasteiger partial charge in [0.25, 0.3) is 0 Å². The molecule has 0 atom stereocenters. The number of aromatic nitrogens is 4. The van der Waals surface area contributed by atoms with Crippen molar-refractivity contribution in [2.75, 3.05) is 37.9 Å². The number of rotatable bonds is 5. The van der Waals surface area contributed by atoms with Gasteiger partial charge in [0.05, 0.1) is 19.8 Å². The fraction of sp³-hybridized carbons (Fsp3) is 0.444. The van der Waals surface area contributed by atoms with Crippen LogP contribution in [0.15, 0.2) is 11.2 Å². The van der Waals surface area contributed by atoms with Gasteiger partial charge in [-0.05, 0) is 12.8 Å². The minimum Gasteiger partial charge on any atom is -0.480 e. The topological polar surface area (TPSA) is 181 Å². The van der Waals surface area contributed by atoms with Crippen molar-refractivity contribution in [1.82, 2.24) is 19.9 Å². The summed E-state index contributed by atoms with van der Waals surface area (Å²) in [7, 11) is 2.92. The number of nitrogens with zero attached hydrogens (tertiary/aromatic N) is 6. The Balaban J connectivity index is 2.21. The van der Waals surface area contributed by atoms with Gasteiger partial charge in [-0.2, -0.15) is 9.98 Å². The molecule has 1 fully saturated rings. The van der Waals surface area contributed by atoms with Crippen LogP contribution in [-0.2, 0) is 0 Å². The van der Waals surface area contributed by atoms with Gasteiger partial charge in [-0.3, -0.25) is 4.79 Å². The Morgan fingerprint density at radius 3 is 2.37 bits per heavy atom. The van der Waals surface area contributed by atoms with E-state index < -0.39 is 11.9 Å². The van der Waals surface area contributed by atoms with Crippen molar-refractivity contribution in [3.05, 3.63) is 11.9 Å². The Hall–Kier alpha value is -3.70. The van der Waals surface area contributed by atoms with Crippen molar-refractivity contribution in [2.24, 2.45) is 16.5 Å². The van der Waals surface area contributed by atoms with Crippen LogP contribution >= 0.6 is 0 Å². The first-order valence-electron chi connectivity index (χ1n) is 9.46. The number of nitrogen functional groups attached to an aromatic ring is 1. The second-order valence-electron chi connectivity index (χ2n) is 6.65. The lowest BCUT2D eigenvalue weighted by atomic mass is 10.2. The van der Waals surface area contributed by atoms with Crippen molar-refractivity contribution in [3.8, 4) is 23.1 Å². The van der Waals surface area contributed by atoms with Crippen LogP contribution in [0.25, 0.3) is 11.3 Å². The highest BCUT2D eigenvalue weighted by molar-refractivity contribution is 6.04. The van der Waals surface area contributed by atoms with Crippen LogP contribution in [0.2, 0.25) is 0 Å². The van der Waals surface area contributed by atoms with Crippen molar-refractivity contribution in [3.63, 3.8) is 0 Å². The molecule has 0 bridgehead atoms. The summed E-state index contributed by atoms with van der Waals surface area (Å²) < 4.78 is 10.5. The maximum absolute atomic E-state index is 12.4. The molecule has 1 amide bonds. The van der Waals surface area contributed by atoms with Gasteiger partial charge in [-0.1, -0.05) is 12.8 Å². The van der Waals surface area contributed by atoms with Gasteiger partial charge in [-0.15, -0.1) is 0 Å². The fourth-order valence-corrected chi connectivity index (χ4v) is 3.22. The van der Waals surface area contributed by atoms with Crippen molar-refractivity contribution in [1.29, 1.82) is 0 Å². The molecule has 0 aromatic carbocycles. The van der Waals surface area contributed by atoms with Gasteiger partial charge >= 0.3 is 11.9 Å². The third-order valence-electron chi connectivity index (χ3n) is 4.61. The normalized spacial score (nSPS) is 14.0. The minimum atomic E-state index is -0.794. The average Bonchev–Trinajstić information content (AvgIpc) is 3.02. The number of hydrogen-bond acceptors (Lipinski definition) is 9. The first-order chi connectivity index (χ1) is 14.4. The molecule has 2 aromatic rings. The molecule has 3 rings (SSSR count). The smallest absolute Gasteiger partial charge is 0.319 e. The third kappa shape index (κ3) is 4.47. The van der Waals surface area contributed by atoms with Gasteiger partial charge in [0, 0.05) is 19.3 Å². The molecule has 6 N–H and O–H groups in total. The summed E-state index contributed by atoms with van der Waals surface area (Å²) in [4.78, 5) is 35.4. The van der Waals surface area contributed by atoms with Crippen LogP contribution in [0.3, 0.4) is 0 Å². The second-order valence-corrected chi connectivity index (χ2v) is 6.65. The van der Waals surface area contributed by atoms with E-state index in [9.17, 15) is 4.79 Å². The predicted octanol–water partition coefficient (Wildman–Crippen LogP) is 0.327. The van der Waals surface area contributed by atoms with Crippen LogP contribution in [-0.4, -0.2) is 59.1 Å². The fourth-order valence-electron chi connectivity index (χ4n) is 3.22. The average molecular weight is 415 g/mol. The molecule has 1 aliphatic heterocycles. The quantitative estimate of drug-likeness (QED) is 0.452. The molecular weight excluding hydrogens is 390 g/mol. The maximum atomic E-state index is 12.4. The Bertz CT molecular complexity index is 952. The standard InChI is InChI=1S/C18H25N9O3/c1-29-16-10(9-22-18(26-16)30-2)11-14(27-7-5-3-4-6-8-27)24-13(19)12(23-11)15(28)25-17(20)21/h9H,3-8H2,1-2H3,(H2,19,24)(H4,20,21,25,28). The maximum Gasteiger partial charge on any atom is 0.319 e. The Morgan fingerprint density at radius 1 is 1.07 bits per heavy atom. The lowest BCUT2D eigenvalue weighted by Gasteiger charge is -2.24. The number of ether oxygens (including phenoxy) is 2. The van der Waals surface area contributed by atoms with E-state index in [1.807, 2.05) is 0 Å². The lowest BCUT2D eigenvalue weighted by Crippen LogP contribution is -2.28. The molecule has 0 aliphatic carbocycles. The summed E-state index contributed by atoms with van der Waals surface area (Å²) >= 11 is 0. The molecule has 0 radical (unpaired) electrons. The van der Waals surface area contributed by atoms with E-state index in [0.717, 1.165) is 38.8 Å². The third-order valence-corrected chi connectivity index (χ3v) is 4.61. The van der Waals surface area contributed by atoms with Gasteiger partial charge in [0.1, 0.15) is 5.69 Å². The number of methoxy groups -OCH3 is 2. The van der Waals surface area contributed by atoms with E-state index in [2.05, 4.69) is 29.8 Å². The first kappa shape index (κ1) is 21.0. The SMILES string of the molecule is COc1ncc(-c2nc(C(=O)N=C(N)N)c(N)nc2N2CCCCCC2)c(OC)n1. The van der Waals surface area contributed by atoms with Crippen molar-refractivity contribution < 1.29 is 14.3 Å². The van der Waals surface area contributed by atoms with Crippen LogP contribution < -0.4 is 31.6 Å². The molecular formula is C18H25N9O3. The van der Waals surface area contributed by atoms with Crippen LogP contribution in [0.4, 0.5) is 11.6 Å². The molecule has 12 nitrogen and oxygen atoms in total. The first-order valence-corrected chi connectivity index (χ1v) is 9.46. The van der Waals surface area contributed by atoms with Crippen LogP contribution in [0.1, 0.15) is 36.2 Å². The molecule has 0 saturated carbocycles. The molecule has 160 valence electrons. The molecule has 12 heteroatoms. The number of amides is 1. The van der Waals surface area contributed by atoms with E-state index in [1.54, 1.807) is 0 Å². The van der Waals surface area contributed by atoms with Crippen molar-refractivity contribution in [2.45, 2.75) is 25.7 Å². The molecule has 30 heavy (non-hydrogen) atoms. The number of hydrogen-bond donors (Lipinski definition) is 3. The summed E-state index contributed by atoms with van der Waals surface area (Å²) in [6.07, 6.45) is 5.77. The number of carbonyl (C=O) groups excluding carboxylic acids is 1. The Morgan fingerprint density at radius 2 is 1.77 bits per heavy atom. The van der Waals surface area contributed by atoms with Crippen LogP contribution in [0, 0.1) is 0 Å². The largest absolute Gasteiger partial charge is 0.480 e. The van der Waals surface area contributed by atoms with Gasteiger partial charge in [-0.25, -0.2) is 15.0 Å². The Kier molecular flexibility index (Phi) is 6.45. The van der Waals surface area contributed by atoms with Gasteiger partial charge in [0.2, 0.25) is 5.88 Å². The number of guanidine groups is 1. The summed E-state index contributed by atoms with van der Waals surface area (Å²) in [6, 6.07) is 0.132.